The largest absolute Gasteiger partial charge is 0.584 e. The van der Waals surface area contributed by atoms with Crippen molar-refractivity contribution in [3.63, 3.8) is 0 Å². The number of hydrogen-bond acceptors (Lipinski definition) is 3. The van der Waals surface area contributed by atoms with E-state index in [0.29, 0.717) is 5.75 Å². The number of rotatable bonds is 4. The van der Waals surface area contributed by atoms with E-state index < -0.39 is 7.82 Å². The van der Waals surface area contributed by atoms with Crippen LogP contribution in [0.15, 0.2) is 48.5 Å². The Morgan fingerprint density at radius 2 is 1.68 bits per heavy atom. The normalized spacial score (nSPS) is 13.6. The molecule has 0 amide bonds. The number of phosphoric ester groups is 1. The summed E-state index contributed by atoms with van der Waals surface area (Å²) < 4.78 is 22.0. The van der Waals surface area contributed by atoms with E-state index in [1.807, 2.05) is 26.0 Å². The Morgan fingerprint density at radius 3 is 2.32 bits per heavy atom. The summed E-state index contributed by atoms with van der Waals surface area (Å²) in [6, 6.07) is 13.7. The quantitative estimate of drug-likeness (QED) is 0.863. The lowest BCUT2D eigenvalue weighted by Crippen LogP contribution is -2.00. The molecule has 0 spiro atoms. The van der Waals surface area contributed by atoms with E-state index in [1.54, 1.807) is 36.4 Å². The summed E-state index contributed by atoms with van der Waals surface area (Å²) in [7, 11) is -4.18. The van der Waals surface area contributed by atoms with Crippen LogP contribution in [0.5, 0.6) is 11.5 Å². The molecular formula is C14H15O4P. The average Bonchev–Trinajstić information content (AvgIpc) is 2.33. The van der Waals surface area contributed by atoms with Gasteiger partial charge in [0.05, 0.1) is 0 Å². The van der Waals surface area contributed by atoms with Crippen molar-refractivity contribution in [3.05, 3.63) is 59.7 Å². The van der Waals surface area contributed by atoms with Crippen LogP contribution in [0.25, 0.3) is 0 Å². The van der Waals surface area contributed by atoms with E-state index in [1.165, 1.54) is 0 Å². The van der Waals surface area contributed by atoms with Crippen molar-refractivity contribution in [2.24, 2.45) is 0 Å². The van der Waals surface area contributed by atoms with Crippen LogP contribution in [0.3, 0.4) is 0 Å². The number of phosphoric acid groups is 1. The third kappa shape index (κ3) is 3.85. The van der Waals surface area contributed by atoms with Gasteiger partial charge in [0.1, 0.15) is 11.5 Å². The Labute approximate surface area is 112 Å². The van der Waals surface area contributed by atoms with Gasteiger partial charge in [-0.05, 0) is 37.6 Å². The lowest BCUT2D eigenvalue weighted by molar-refractivity contribution is 0.290. The fourth-order valence-electron chi connectivity index (χ4n) is 1.66. The first-order valence-electron chi connectivity index (χ1n) is 5.80. The van der Waals surface area contributed by atoms with Gasteiger partial charge in [0, 0.05) is 0 Å². The number of hydrogen-bond donors (Lipinski definition) is 1. The second kappa shape index (κ2) is 5.47. The lowest BCUT2D eigenvalue weighted by atomic mass is 10.1. The maximum atomic E-state index is 11.9. The maximum Gasteiger partial charge on any atom is 0.584 e. The molecule has 0 radical (unpaired) electrons. The third-order valence-corrected chi connectivity index (χ3v) is 3.38. The molecule has 1 atom stereocenters. The molecule has 2 aromatic carbocycles. The predicted molar refractivity (Wildman–Crippen MR) is 73.4 cm³/mol. The van der Waals surface area contributed by atoms with Crippen molar-refractivity contribution in [1.82, 2.24) is 0 Å². The van der Waals surface area contributed by atoms with Crippen LogP contribution in [0.4, 0.5) is 0 Å². The highest BCUT2D eigenvalue weighted by Crippen LogP contribution is 2.45. The molecule has 0 aliphatic rings. The standard InChI is InChI=1S/C14H15O4P/c1-11-8-9-14(12(2)10-11)18-19(15,16)17-13-6-4-3-5-7-13/h3-10H,1-2H3,(H,15,16). The van der Waals surface area contributed by atoms with Crippen LogP contribution in [0.2, 0.25) is 0 Å². The van der Waals surface area contributed by atoms with Crippen LogP contribution in [-0.4, -0.2) is 4.89 Å². The molecule has 1 N–H and O–H groups in total. The molecule has 0 bridgehead atoms. The first-order chi connectivity index (χ1) is 8.96. The molecule has 0 aliphatic carbocycles. The van der Waals surface area contributed by atoms with Crippen molar-refractivity contribution in [2.75, 3.05) is 0 Å². The van der Waals surface area contributed by atoms with Gasteiger partial charge in [0.15, 0.2) is 0 Å². The van der Waals surface area contributed by atoms with Crippen LogP contribution in [0.1, 0.15) is 11.1 Å². The zero-order valence-corrected chi connectivity index (χ0v) is 11.6. The summed E-state index contributed by atoms with van der Waals surface area (Å²) in [5.74, 6) is 0.630. The Hall–Kier alpha value is -1.77. The maximum absolute atomic E-state index is 11.9. The minimum absolute atomic E-state index is 0.290. The van der Waals surface area contributed by atoms with Gasteiger partial charge in [-0.2, -0.15) is 0 Å². The second-order valence-corrected chi connectivity index (χ2v) is 5.54. The highest BCUT2D eigenvalue weighted by Gasteiger charge is 2.25. The monoisotopic (exact) mass is 278 g/mol. The minimum atomic E-state index is -4.18. The van der Waals surface area contributed by atoms with Gasteiger partial charge in [-0.1, -0.05) is 35.9 Å². The van der Waals surface area contributed by atoms with Gasteiger partial charge in [-0.15, -0.1) is 0 Å². The third-order valence-electron chi connectivity index (χ3n) is 2.51. The SMILES string of the molecule is Cc1ccc(OP(=O)(O)Oc2ccccc2)c(C)c1. The van der Waals surface area contributed by atoms with Crippen molar-refractivity contribution in [1.29, 1.82) is 0 Å². The topological polar surface area (TPSA) is 55.8 Å². The molecule has 0 saturated heterocycles. The van der Waals surface area contributed by atoms with E-state index in [9.17, 15) is 9.46 Å². The second-order valence-electron chi connectivity index (χ2n) is 4.23. The number of aryl methyl sites for hydroxylation is 2. The van der Waals surface area contributed by atoms with E-state index >= 15 is 0 Å². The molecule has 0 heterocycles. The first-order valence-corrected chi connectivity index (χ1v) is 7.30. The molecule has 0 aliphatic heterocycles. The van der Waals surface area contributed by atoms with Crippen molar-refractivity contribution >= 4 is 7.82 Å². The highest BCUT2D eigenvalue weighted by atomic mass is 31.2. The first kappa shape index (κ1) is 13.7. The zero-order valence-electron chi connectivity index (χ0n) is 10.7. The van der Waals surface area contributed by atoms with Gasteiger partial charge in [-0.25, -0.2) is 4.57 Å². The number of benzene rings is 2. The van der Waals surface area contributed by atoms with Crippen LogP contribution in [-0.2, 0) is 4.57 Å². The van der Waals surface area contributed by atoms with Gasteiger partial charge < -0.3 is 9.05 Å². The van der Waals surface area contributed by atoms with E-state index in [2.05, 4.69) is 0 Å². The van der Waals surface area contributed by atoms with Crippen molar-refractivity contribution in [2.45, 2.75) is 13.8 Å². The summed E-state index contributed by atoms with van der Waals surface area (Å²) in [6.07, 6.45) is 0. The Balaban J connectivity index is 2.15. The van der Waals surface area contributed by atoms with Gasteiger partial charge >= 0.3 is 7.82 Å². The fraction of sp³-hybridized carbons (Fsp3) is 0.143. The summed E-state index contributed by atoms with van der Waals surface area (Å²) in [5.41, 5.74) is 1.84. The molecule has 100 valence electrons. The molecule has 0 saturated carbocycles. The smallest absolute Gasteiger partial charge is 0.395 e. The Morgan fingerprint density at radius 1 is 1.00 bits per heavy atom. The van der Waals surface area contributed by atoms with Crippen LogP contribution < -0.4 is 9.05 Å². The minimum Gasteiger partial charge on any atom is -0.395 e. The molecule has 0 fully saturated rings. The van der Waals surface area contributed by atoms with Crippen molar-refractivity contribution in [3.8, 4) is 11.5 Å². The summed E-state index contributed by atoms with van der Waals surface area (Å²) in [5, 5.41) is 0. The molecule has 4 nitrogen and oxygen atoms in total. The Kier molecular flexibility index (Phi) is 3.93. The highest BCUT2D eigenvalue weighted by molar-refractivity contribution is 7.48. The van der Waals surface area contributed by atoms with Gasteiger partial charge in [0.25, 0.3) is 0 Å². The molecule has 0 aromatic heterocycles. The number of para-hydroxylation sites is 1. The van der Waals surface area contributed by atoms with E-state index in [4.69, 9.17) is 9.05 Å². The lowest BCUT2D eigenvalue weighted by Gasteiger charge is -2.15. The fourth-order valence-corrected chi connectivity index (χ4v) is 2.54. The van der Waals surface area contributed by atoms with Crippen molar-refractivity contribution < 1.29 is 18.5 Å². The van der Waals surface area contributed by atoms with E-state index in [-0.39, 0.29) is 5.75 Å². The molecule has 2 aromatic rings. The predicted octanol–water partition coefficient (Wildman–Crippen LogP) is 3.86. The molecule has 2 rings (SSSR count). The van der Waals surface area contributed by atoms with Gasteiger partial charge in [-0.3, -0.25) is 4.89 Å². The molecule has 1 unspecified atom stereocenters. The van der Waals surface area contributed by atoms with Crippen LogP contribution in [0, 0.1) is 13.8 Å². The molecule has 19 heavy (non-hydrogen) atoms. The summed E-state index contributed by atoms with van der Waals surface area (Å²) in [4.78, 5) is 9.73. The molecular weight excluding hydrogens is 263 g/mol. The zero-order chi connectivity index (χ0) is 13.9. The van der Waals surface area contributed by atoms with Crippen LogP contribution >= 0.6 is 7.82 Å². The average molecular weight is 278 g/mol. The Bertz CT molecular complexity index is 610. The summed E-state index contributed by atoms with van der Waals surface area (Å²) in [6.45, 7) is 3.75. The van der Waals surface area contributed by atoms with Gasteiger partial charge in [0.2, 0.25) is 0 Å². The van der Waals surface area contributed by atoms with E-state index in [0.717, 1.165) is 11.1 Å². The molecule has 5 heteroatoms. The summed E-state index contributed by atoms with van der Waals surface area (Å²) >= 11 is 0.